The summed E-state index contributed by atoms with van der Waals surface area (Å²) in [5, 5.41) is 0. The van der Waals surface area contributed by atoms with E-state index in [4.69, 9.17) is 4.74 Å². The van der Waals surface area contributed by atoms with Gasteiger partial charge in [0.15, 0.2) is 5.78 Å². The van der Waals surface area contributed by atoms with Gasteiger partial charge in [-0.2, -0.15) is 0 Å². The van der Waals surface area contributed by atoms with Gasteiger partial charge in [-0.05, 0) is 25.0 Å². The number of allylic oxidation sites excluding steroid dienone is 1. The molecule has 3 heteroatoms. The number of carbonyl (C=O) groups excluding carboxylic acids is 2. The average Bonchev–Trinajstić information content (AvgIpc) is 2.40. The number of esters is 1. The summed E-state index contributed by atoms with van der Waals surface area (Å²) < 4.78 is 4.95. The van der Waals surface area contributed by atoms with E-state index in [2.05, 4.69) is 0 Å². The van der Waals surface area contributed by atoms with Gasteiger partial charge in [-0.1, -0.05) is 37.3 Å². The number of rotatable bonds is 5. The summed E-state index contributed by atoms with van der Waals surface area (Å²) >= 11 is 0. The van der Waals surface area contributed by atoms with E-state index in [9.17, 15) is 9.59 Å². The number of hydrogen-bond acceptors (Lipinski definition) is 3. The van der Waals surface area contributed by atoms with Crippen LogP contribution in [0.5, 0.6) is 0 Å². The number of carbonyl (C=O) groups is 2. The highest BCUT2D eigenvalue weighted by Gasteiger charge is 2.21. The van der Waals surface area contributed by atoms with Crippen LogP contribution in [0.15, 0.2) is 35.9 Å². The van der Waals surface area contributed by atoms with Gasteiger partial charge in [-0.3, -0.25) is 4.79 Å². The van der Waals surface area contributed by atoms with Crippen molar-refractivity contribution < 1.29 is 14.3 Å². The fourth-order valence-electron chi connectivity index (χ4n) is 1.69. The number of hydrogen-bond donors (Lipinski definition) is 0. The van der Waals surface area contributed by atoms with Crippen LogP contribution in [-0.2, 0) is 14.3 Å². The summed E-state index contributed by atoms with van der Waals surface area (Å²) in [4.78, 5) is 23.7. The van der Waals surface area contributed by atoms with Crippen molar-refractivity contribution in [2.75, 3.05) is 6.61 Å². The number of ketones is 1. The molecule has 96 valence electrons. The maximum Gasteiger partial charge on any atom is 0.342 e. The van der Waals surface area contributed by atoms with Crippen molar-refractivity contribution in [1.82, 2.24) is 0 Å². The van der Waals surface area contributed by atoms with E-state index in [1.807, 2.05) is 30.3 Å². The Hall–Kier alpha value is -1.90. The summed E-state index contributed by atoms with van der Waals surface area (Å²) in [6.07, 6.45) is 0.290. The van der Waals surface area contributed by atoms with Gasteiger partial charge in [0, 0.05) is 6.42 Å². The first-order valence-electron chi connectivity index (χ1n) is 6.08. The third-order valence-corrected chi connectivity index (χ3v) is 2.66. The van der Waals surface area contributed by atoms with Gasteiger partial charge in [-0.25, -0.2) is 4.79 Å². The van der Waals surface area contributed by atoms with Crippen molar-refractivity contribution in [3.63, 3.8) is 0 Å². The molecule has 0 fully saturated rings. The van der Waals surface area contributed by atoms with Crippen LogP contribution in [0.3, 0.4) is 0 Å². The second-order valence-corrected chi connectivity index (χ2v) is 3.86. The first-order valence-corrected chi connectivity index (χ1v) is 6.08. The van der Waals surface area contributed by atoms with Crippen LogP contribution in [0, 0.1) is 0 Å². The Balaban J connectivity index is 3.24. The van der Waals surface area contributed by atoms with Crippen LogP contribution < -0.4 is 0 Å². The summed E-state index contributed by atoms with van der Waals surface area (Å²) in [5.74, 6) is -0.722. The molecule has 0 unspecified atom stereocenters. The summed E-state index contributed by atoms with van der Waals surface area (Å²) in [7, 11) is 0. The molecule has 3 nitrogen and oxygen atoms in total. The van der Waals surface area contributed by atoms with Gasteiger partial charge in [-0.15, -0.1) is 0 Å². The lowest BCUT2D eigenvalue weighted by Gasteiger charge is -2.10. The second kappa shape index (κ2) is 6.74. The molecule has 0 atom stereocenters. The number of ether oxygens (including phenoxy) is 1. The van der Waals surface area contributed by atoms with Crippen molar-refractivity contribution in [2.24, 2.45) is 0 Å². The molecule has 18 heavy (non-hydrogen) atoms. The molecule has 0 bridgehead atoms. The zero-order valence-electron chi connectivity index (χ0n) is 11.0. The third kappa shape index (κ3) is 3.29. The Labute approximate surface area is 107 Å². The van der Waals surface area contributed by atoms with Gasteiger partial charge < -0.3 is 4.74 Å². The Morgan fingerprint density at radius 3 is 2.22 bits per heavy atom. The molecule has 1 rings (SSSR count). The first-order chi connectivity index (χ1) is 8.61. The van der Waals surface area contributed by atoms with Crippen LogP contribution >= 0.6 is 0 Å². The van der Waals surface area contributed by atoms with E-state index in [0.29, 0.717) is 12.0 Å². The molecule has 0 aliphatic rings. The van der Waals surface area contributed by atoms with Crippen LogP contribution in [-0.4, -0.2) is 18.4 Å². The zero-order chi connectivity index (χ0) is 13.5. The Kier molecular flexibility index (Phi) is 5.31. The molecule has 0 aromatic heterocycles. The first kappa shape index (κ1) is 14.2. The molecule has 1 aromatic carbocycles. The second-order valence-electron chi connectivity index (χ2n) is 3.86. The van der Waals surface area contributed by atoms with Gasteiger partial charge in [0.2, 0.25) is 0 Å². The molecule has 0 amide bonds. The topological polar surface area (TPSA) is 43.4 Å². The third-order valence-electron chi connectivity index (χ3n) is 2.66. The van der Waals surface area contributed by atoms with Crippen LogP contribution in [0.1, 0.15) is 32.8 Å². The molecule has 0 radical (unpaired) electrons. The van der Waals surface area contributed by atoms with E-state index in [-0.39, 0.29) is 18.0 Å². The van der Waals surface area contributed by atoms with E-state index >= 15 is 0 Å². The summed E-state index contributed by atoms with van der Waals surface area (Å²) in [6, 6.07) is 9.38. The molecule has 0 aliphatic heterocycles. The lowest BCUT2D eigenvalue weighted by Crippen LogP contribution is -2.17. The Bertz CT molecular complexity index is 458. The minimum Gasteiger partial charge on any atom is -0.462 e. The Morgan fingerprint density at radius 2 is 1.72 bits per heavy atom. The molecule has 0 aliphatic carbocycles. The van der Waals surface area contributed by atoms with Crippen molar-refractivity contribution in [1.29, 1.82) is 0 Å². The lowest BCUT2D eigenvalue weighted by atomic mass is 9.97. The van der Waals surface area contributed by atoms with Crippen LogP contribution in [0.4, 0.5) is 0 Å². The average molecular weight is 246 g/mol. The van der Waals surface area contributed by atoms with E-state index in [1.54, 1.807) is 20.8 Å². The minimum absolute atomic E-state index is 0.158. The highest BCUT2D eigenvalue weighted by atomic mass is 16.5. The molecule has 0 spiro atoms. The van der Waals surface area contributed by atoms with Crippen molar-refractivity contribution >= 4 is 17.3 Å². The monoisotopic (exact) mass is 246 g/mol. The maximum absolute atomic E-state index is 11.9. The Morgan fingerprint density at radius 1 is 1.11 bits per heavy atom. The fourth-order valence-corrected chi connectivity index (χ4v) is 1.69. The molecule has 0 N–H and O–H groups in total. The molecular formula is C15H18O3. The molecule has 1 aromatic rings. The van der Waals surface area contributed by atoms with E-state index in [0.717, 1.165) is 5.56 Å². The predicted octanol–water partition coefficient (Wildman–Crippen LogP) is 3.00. The predicted molar refractivity (Wildman–Crippen MR) is 71.0 cm³/mol. The van der Waals surface area contributed by atoms with Crippen LogP contribution in [0.2, 0.25) is 0 Å². The highest BCUT2D eigenvalue weighted by Crippen LogP contribution is 2.20. The minimum atomic E-state index is -0.536. The zero-order valence-corrected chi connectivity index (χ0v) is 11.0. The largest absolute Gasteiger partial charge is 0.462 e. The van der Waals surface area contributed by atoms with E-state index in [1.165, 1.54) is 0 Å². The molecule has 0 heterocycles. The van der Waals surface area contributed by atoms with Crippen molar-refractivity contribution in [3.8, 4) is 0 Å². The highest BCUT2D eigenvalue weighted by molar-refractivity contribution is 6.22. The lowest BCUT2D eigenvalue weighted by molar-refractivity contribution is -0.139. The molecule has 0 saturated carbocycles. The van der Waals surface area contributed by atoms with Gasteiger partial charge in [0.05, 0.1) is 6.61 Å². The molecular weight excluding hydrogens is 228 g/mol. The fraction of sp³-hybridized carbons (Fsp3) is 0.333. The standard InChI is InChI=1S/C15H18O3/c1-4-13(16)14(15(17)18-5-2)11(3)12-9-7-6-8-10-12/h6-10H,4-5H2,1-3H3. The quantitative estimate of drug-likeness (QED) is 0.347. The van der Waals surface area contributed by atoms with Crippen LogP contribution in [0.25, 0.3) is 5.57 Å². The van der Waals surface area contributed by atoms with Gasteiger partial charge >= 0.3 is 5.97 Å². The molecule has 0 saturated heterocycles. The maximum atomic E-state index is 11.9. The summed E-state index contributed by atoms with van der Waals surface area (Å²) in [6.45, 7) is 5.50. The van der Waals surface area contributed by atoms with E-state index < -0.39 is 5.97 Å². The number of benzene rings is 1. The smallest absolute Gasteiger partial charge is 0.342 e. The number of Topliss-reactive ketones (excluding diaryl/α,β-unsaturated/α-hetero) is 1. The van der Waals surface area contributed by atoms with Gasteiger partial charge in [0.1, 0.15) is 5.57 Å². The van der Waals surface area contributed by atoms with Crippen molar-refractivity contribution in [3.05, 3.63) is 41.5 Å². The van der Waals surface area contributed by atoms with Gasteiger partial charge in [0.25, 0.3) is 0 Å². The SMILES string of the molecule is CCOC(=O)C(C(=O)CC)=C(C)c1ccccc1. The normalized spacial score (nSPS) is 11.7. The summed E-state index contributed by atoms with van der Waals surface area (Å²) in [5.41, 5.74) is 1.69. The van der Waals surface area contributed by atoms with Crippen molar-refractivity contribution in [2.45, 2.75) is 27.2 Å².